The van der Waals surface area contributed by atoms with E-state index in [2.05, 4.69) is 77.6 Å². The molecule has 0 saturated carbocycles. The highest BCUT2D eigenvalue weighted by Crippen LogP contribution is 2.31. The molecular formula is C21H29N3OS. The minimum atomic E-state index is -0.0761. The monoisotopic (exact) mass is 371 g/mol. The van der Waals surface area contributed by atoms with Gasteiger partial charge < -0.3 is 15.5 Å². The number of hydrogen-bond acceptors (Lipinski definition) is 3. The predicted molar refractivity (Wildman–Crippen MR) is 109 cm³/mol. The minimum absolute atomic E-state index is 0.0255. The summed E-state index contributed by atoms with van der Waals surface area (Å²) in [5.41, 5.74) is 4.10. The molecule has 1 heterocycles. The standard InChI is InChI=1S/C21H29N3OS/c1-16(12-17-9-11-26-14-17)23-20(25)22-15-21(24(2)3)10-8-18-6-4-5-7-19(18)13-21/h4-7,9,11,14,16H,8,10,12-13,15H2,1-3H3,(H2,22,23,25)/t16-,21?/m0/s1. The third-order valence-corrected chi connectivity index (χ3v) is 6.26. The number of amides is 2. The zero-order valence-electron chi connectivity index (χ0n) is 15.9. The van der Waals surface area contributed by atoms with Gasteiger partial charge in [0.05, 0.1) is 0 Å². The summed E-state index contributed by atoms with van der Waals surface area (Å²) in [5, 5.41) is 10.4. The second-order valence-electron chi connectivity index (χ2n) is 7.63. The topological polar surface area (TPSA) is 44.4 Å². The quantitative estimate of drug-likeness (QED) is 0.817. The van der Waals surface area contributed by atoms with E-state index in [4.69, 9.17) is 0 Å². The number of benzene rings is 1. The number of carbonyl (C=O) groups is 1. The Kier molecular flexibility index (Phi) is 5.99. The van der Waals surface area contributed by atoms with Crippen LogP contribution in [0.5, 0.6) is 0 Å². The van der Waals surface area contributed by atoms with Crippen molar-refractivity contribution in [3.63, 3.8) is 0 Å². The molecule has 0 aliphatic heterocycles. The lowest BCUT2D eigenvalue weighted by atomic mass is 9.77. The van der Waals surface area contributed by atoms with Crippen LogP contribution in [0.4, 0.5) is 4.79 Å². The molecule has 3 rings (SSSR count). The Bertz CT molecular complexity index is 729. The molecule has 2 aromatic rings. The van der Waals surface area contributed by atoms with Crippen molar-refractivity contribution in [2.45, 2.75) is 44.2 Å². The van der Waals surface area contributed by atoms with Crippen molar-refractivity contribution in [2.75, 3.05) is 20.6 Å². The Hall–Kier alpha value is -1.85. The van der Waals surface area contributed by atoms with E-state index in [9.17, 15) is 4.79 Å². The van der Waals surface area contributed by atoms with Crippen LogP contribution in [0.2, 0.25) is 0 Å². The van der Waals surface area contributed by atoms with Crippen molar-refractivity contribution in [1.82, 2.24) is 15.5 Å². The summed E-state index contributed by atoms with van der Waals surface area (Å²) >= 11 is 1.69. The number of thiophene rings is 1. The first-order chi connectivity index (χ1) is 12.5. The molecule has 0 spiro atoms. The predicted octanol–water partition coefficient (Wildman–Crippen LogP) is 3.47. The summed E-state index contributed by atoms with van der Waals surface area (Å²) in [7, 11) is 4.24. The summed E-state index contributed by atoms with van der Waals surface area (Å²) < 4.78 is 0. The molecule has 0 fully saturated rings. The van der Waals surface area contributed by atoms with Gasteiger partial charge in [0, 0.05) is 18.1 Å². The van der Waals surface area contributed by atoms with Crippen LogP contribution in [-0.4, -0.2) is 43.2 Å². The molecule has 2 atom stereocenters. The van der Waals surface area contributed by atoms with Crippen LogP contribution in [0.1, 0.15) is 30.0 Å². The van der Waals surface area contributed by atoms with Crippen LogP contribution < -0.4 is 10.6 Å². The fraction of sp³-hybridized carbons (Fsp3) is 0.476. The van der Waals surface area contributed by atoms with Crippen molar-refractivity contribution in [1.29, 1.82) is 0 Å². The van der Waals surface area contributed by atoms with Gasteiger partial charge in [0.2, 0.25) is 0 Å². The second-order valence-corrected chi connectivity index (χ2v) is 8.41. The van der Waals surface area contributed by atoms with E-state index in [1.165, 1.54) is 16.7 Å². The molecular weight excluding hydrogens is 342 g/mol. The van der Waals surface area contributed by atoms with Crippen LogP contribution >= 0.6 is 11.3 Å². The summed E-state index contributed by atoms with van der Waals surface area (Å²) in [5.74, 6) is 0. The molecule has 1 unspecified atom stereocenters. The van der Waals surface area contributed by atoms with E-state index >= 15 is 0 Å². The number of nitrogens with zero attached hydrogens (tertiary/aromatic N) is 1. The number of rotatable bonds is 6. The molecule has 26 heavy (non-hydrogen) atoms. The number of hydrogen-bond donors (Lipinski definition) is 2. The number of likely N-dealkylation sites (N-methyl/N-ethyl adjacent to an activating group) is 1. The molecule has 1 aliphatic rings. The van der Waals surface area contributed by atoms with Crippen molar-refractivity contribution < 1.29 is 4.79 Å². The molecule has 2 N–H and O–H groups in total. The van der Waals surface area contributed by atoms with E-state index in [-0.39, 0.29) is 17.6 Å². The fourth-order valence-corrected chi connectivity index (χ4v) is 4.49. The Morgan fingerprint density at radius 3 is 2.73 bits per heavy atom. The van der Waals surface area contributed by atoms with Gasteiger partial charge in [-0.25, -0.2) is 4.79 Å². The lowest BCUT2D eigenvalue weighted by molar-refractivity contribution is 0.129. The highest BCUT2D eigenvalue weighted by Gasteiger charge is 2.36. The van der Waals surface area contributed by atoms with Gasteiger partial charge in [0.25, 0.3) is 0 Å². The van der Waals surface area contributed by atoms with Crippen molar-refractivity contribution in [2.24, 2.45) is 0 Å². The van der Waals surface area contributed by atoms with Gasteiger partial charge in [-0.3, -0.25) is 0 Å². The highest BCUT2D eigenvalue weighted by atomic mass is 32.1. The smallest absolute Gasteiger partial charge is 0.315 e. The van der Waals surface area contributed by atoms with Gasteiger partial charge in [0.15, 0.2) is 0 Å². The number of carbonyl (C=O) groups excluding carboxylic acids is 1. The SMILES string of the molecule is C[C@@H](Cc1ccsc1)NC(=O)NCC1(N(C)C)CCc2ccccc2C1. The second kappa shape index (κ2) is 8.23. The van der Waals surface area contributed by atoms with Gasteiger partial charge in [0.1, 0.15) is 0 Å². The first-order valence-electron chi connectivity index (χ1n) is 9.28. The first kappa shape index (κ1) is 18.9. The first-order valence-corrected chi connectivity index (χ1v) is 10.2. The van der Waals surface area contributed by atoms with E-state index < -0.39 is 0 Å². The van der Waals surface area contributed by atoms with Crippen LogP contribution in [0.15, 0.2) is 41.1 Å². The zero-order chi connectivity index (χ0) is 18.6. The normalized spacial score (nSPS) is 20.5. The minimum Gasteiger partial charge on any atom is -0.336 e. The average Bonchev–Trinajstić information content (AvgIpc) is 3.12. The van der Waals surface area contributed by atoms with E-state index in [1.54, 1.807) is 11.3 Å². The van der Waals surface area contributed by atoms with Crippen molar-refractivity contribution in [3.8, 4) is 0 Å². The van der Waals surface area contributed by atoms with Gasteiger partial charge in [-0.1, -0.05) is 24.3 Å². The van der Waals surface area contributed by atoms with Gasteiger partial charge >= 0.3 is 6.03 Å². The summed E-state index contributed by atoms with van der Waals surface area (Å²) in [6.45, 7) is 2.71. The zero-order valence-corrected chi connectivity index (χ0v) is 16.7. The summed E-state index contributed by atoms with van der Waals surface area (Å²) in [6, 6.07) is 10.8. The van der Waals surface area contributed by atoms with E-state index in [0.717, 1.165) is 25.7 Å². The molecule has 1 aromatic heterocycles. The number of aryl methyl sites for hydroxylation is 1. The van der Waals surface area contributed by atoms with E-state index in [0.29, 0.717) is 6.54 Å². The Morgan fingerprint density at radius 2 is 2.04 bits per heavy atom. The highest BCUT2D eigenvalue weighted by molar-refractivity contribution is 7.07. The van der Waals surface area contributed by atoms with Crippen LogP contribution in [0.25, 0.3) is 0 Å². The van der Waals surface area contributed by atoms with Gasteiger partial charge in [-0.15, -0.1) is 0 Å². The Labute approximate surface area is 160 Å². The lowest BCUT2D eigenvalue weighted by Crippen LogP contribution is -2.57. The largest absolute Gasteiger partial charge is 0.336 e. The van der Waals surface area contributed by atoms with Gasteiger partial charge in [-0.2, -0.15) is 11.3 Å². The third kappa shape index (κ3) is 4.46. The van der Waals surface area contributed by atoms with Crippen molar-refractivity contribution in [3.05, 3.63) is 57.8 Å². The van der Waals surface area contributed by atoms with Crippen LogP contribution in [-0.2, 0) is 19.3 Å². The Balaban J connectivity index is 1.56. The fourth-order valence-electron chi connectivity index (χ4n) is 3.81. The van der Waals surface area contributed by atoms with Crippen LogP contribution in [0, 0.1) is 0 Å². The Morgan fingerprint density at radius 1 is 1.27 bits per heavy atom. The summed E-state index contributed by atoms with van der Waals surface area (Å²) in [6.07, 6.45) is 3.96. The molecule has 140 valence electrons. The van der Waals surface area contributed by atoms with Crippen molar-refractivity contribution >= 4 is 17.4 Å². The molecule has 1 aliphatic carbocycles. The molecule has 5 heteroatoms. The third-order valence-electron chi connectivity index (χ3n) is 5.52. The maximum absolute atomic E-state index is 12.4. The number of urea groups is 1. The molecule has 0 saturated heterocycles. The molecule has 1 aromatic carbocycles. The van der Waals surface area contributed by atoms with Crippen LogP contribution in [0.3, 0.4) is 0 Å². The molecule has 0 bridgehead atoms. The maximum atomic E-state index is 12.4. The average molecular weight is 372 g/mol. The number of fused-ring (bicyclic) bond motifs is 1. The molecule has 4 nitrogen and oxygen atoms in total. The number of nitrogens with one attached hydrogen (secondary N) is 2. The molecule has 2 amide bonds. The maximum Gasteiger partial charge on any atom is 0.315 e. The van der Waals surface area contributed by atoms with E-state index in [1.807, 2.05) is 0 Å². The summed E-state index contributed by atoms with van der Waals surface area (Å²) in [4.78, 5) is 14.7. The lowest BCUT2D eigenvalue weighted by Gasteiger charge is -2.43. The molecule has 0 radical (unpaired) electrons. The van der Waals surface area contributed by atoms with Gasteiger partial charge in [-0.05, 0) is 80.2 Å².